The lowest BCUT2D eigenvalue weighted by atomic mass is 10.2. The van der Waals surface area contributed by atoms with Crippen molar-refractivity contribution in [1.29, 1.82) is 0 Å². The van der Waals surface area contributed by atoms with E-state index < -0.39 is 0 Å². The lowest BCUT2D eigenvalue weighted by Crippen LogP contribution is -2.17. The highest BCUT2D eigenvalue weighted by atomic mass is 35.5. The van der Waals surface area contributed by atoms with Crippen molar-refractivity contribution in [1.82, 2.24) is 4.98 Å². The maximum Gasteiger partial charge on any atom is 0.147 e. The van der Waals surface area contributed by atoms with E-state index in [4.69, 9.17) is 34.0 Å². The van der Waals surface area contributed by atoms with Gasteiger partial charge in [-0.05, 0) is 25.8 Å². The van der Waals surface area contributed by atoms with Gasteiger partial charge in [-0.3, -0.25) is 0 Å². The van der Waals surface area contributed by atoms with E-state index >= 15 is 0 Å². The Kier molecular flexibility index (Phi) is 5.12. The van der Waals surface area contributed by atoms with Gasteiger partial charge in [0.2, 0.25) is 0 Å². The average Bonchev–Trinajstić information content (AvgIpc) is 2.23. The van der Waals surface area contributed by atoms with Gasteiger partial charge in [0.1, 0.15) is 11.6 Å². The number of nitrogens with one attached hydrogen (secondary N) is 1. The Bertz CT molecular complexity index is 360. The number of aliphatic hydroxyl groups is 1. The number of nitrogen functional groups attached to an aromatic ring is 1. The summed E-state index contributed by atoms with van der Waals surface area (Å²) in [5, 5.41) is 12.6. The number of aliphatic hydroxyl groups excluding tert-OH is 1. The van der Waals surface area contributed by atoms with Gasteiger partial charge < -0.3 is 16.2 Å². The van der Waals surface area contributed by atoms with Gasteiger partial charge in [-0.1, -0.05) is 23.2 Å². The van der Waals surface area contributed by atoms with Crippen molar-refractivity contribution in [3.63, 3.8) is 0 Å². The average molecular weight is 264 g/mol. The largest absolute Gasteiger partial charge is 0.396 e. The molecule has 0 bridgehead atoms. The van der Waals surface area contributed by atoms with E-state index in [0.717, 1.165) is 12.8 Å². The van der Waals surface area contributed by atoms with Crippen LogP contribution >= 0.6 is 23.2 Å². The summed E-state index contributed by atoms with van der Waals surface area (Å²) in [4.78, 5) is 4.06. The van der Waals surface area contributed by atoms with Gasteiger partial charge in [0, 0.05) is 12.6 Å². The third kappa shape index (κ3) is 3.70. The van der Waals surface area contributed by atoms with Crippen molar-refractivity contribution >= 4 is 34.8 Å². The van der Waals surface area contributed by atoms with Crippen molar-refractivity contribution < 1.29 is 5.11 Å². The quantitative estimate of drug-likeness (QED) is 0.764. The lowest BCUT2D eigenvalue weighted by Gasteiger charge is -2.15. The third-order valence-corrected chi connectivity index (χ3v) is 2.73. The Morgan fingerprint density at radius 1 is 1.50 bits per heavy atom. The molecular weight excluding hydrogens is 249 g/mol. The molecule has 0 aromatic carbocycles. The minimum Gasteiger partial charge on any atom is -0.396 e. The van der Waals surface area contributed by atoms with Crippen LogP contribution in [0, 0.1) is 0 Å². The molecule has 1 atom stereocenters. The summed E-state index contributed by atoms with van der Waals surface area (Å²) in [5.41, 5.74) is 5.58. The molecule has 0 spiro atoms. The van der Waals surface area contributed by atoms with Crippen molar-refractivity contribution in [3.05, 3.63) is 16.1 Å². The molecule has 0 radical (unpaired) electrons. The summed E-state index contributed by atoms with van der Waals surface area (Å²) in [6, 6.07) is 1.73. The fourth-order valence-electron chi connectivity index (χ4n) is 1.29. The molecule has 4 nitrogen and oxygen atoms in total. The first-order chi connectivity index (χ1) is 7.54. The van der Waals surface area contributed by atoms with Gasteiger partial charge in [-0.15, -0.1) is 0 Å². The molecule has 0 aliphatic rings. The summed E-state index contributed by atoms with van der Waals surface area (Å²) < 4.78 is 0. The molecule has 4 N–H and O–H groups in total. The van der Waals surface area contributed by atoms with Crippen LogP contribution in [0.25, 0.3) is 0 Å². The van der Waals surface area contributed by atoms with E-state index in [1.54, 1.807) is 6.07 Å². The number of halogens is 2. The Morgan fingerprint density at radius 3 is 2.81 bits per heavy atom. The zero-order chi connectivity index (χ0) is 12.1. The van der Waals surface area contributed by atoms with Gasteiger partial charge in [0.05, 0.1) is 10.0 Å². The van der Waals surface area contributed by atoms with Crippen LogP contribution in [0.1, 0.15) is 19.8 Å². The van der Waals surface area contributed by atoms with Crippen LogP contribution in [0.15, 0.2) is 6.07 Å². The molecule has 0 saturated carbocycles. The first-order valence-corrected chi connectivity index (χ1v) is 5.79. The van der Waals surface area contributed by atoms with E-state index in [0.29, 0.717) is 15.9 Å². The number of hydrogen-bond acceptors (Lipinski definition) is 4. The molecule has 1 aromatic heterocycles. The molecule has 1 unspecified atom stereocenters. The van der Waals surface area contributed by atoms with Gasteiger partial charge in [-0.25, -0.2) is 4.98 Å². The smallest absolute Gasteiger partial charge is 0.147 e. The summed E-state index contributed by atoms with van der Waals surface area (Å²) in [7, 11) is 0. The van der Waals surface area contributed by atoms with Crippen molar-refractivity contribution in [3.8, 4) is 0 Å². The van der Waals surface area contributed by atoms with E-state index in [2.05, 4.69) is 10.3 Å². The topological polar surface area (TPSA) is 71.2 Å². The Labute approximate surface area is 105 Å². The molecule has 1 rings (SSSR count). The number of hydrogen-bond donors (Lipinski definition) is 3. The summed E-state index contributed by atoms with van der Waals surface area (Å²) in [5.74, 6) is 0.775. The van der Waals surface area contributed by atoms with Crippen molar-refractivity contribution in [2.75, 3.05) is 17.7 Å². The van der Waals surface area contributed by atoms with Crippen LogP contribution in [-0.2, 0) is 0 Å². The number of nitrogens with two attached hydrogens (primary N) is 1. The summed E-state index contributed by atoms with van der Waals surface area (Å²) in [6.45, 7) is 2.16. The SMILES string of the molecule is CC(CCCO)Nc1nc(N)c(Cl)cc1Cl. The van der Waals surface area contributed by atoms with Crippen LogP contribution in [0.5, 0.6) is 0 Å². The molecule has 0 amide bonds. The van der Waals surface area contributed by atoms with Gasteiger partial charge in [0.15, 0.2) is 0 Å². The van der Waals surface area contributed by atoms with Gasteiger partial charge in [-0.2, -0.15) is 0 Å². The second kappa shape index (κ2) is 6.13. The van der Waals surface area contributed by atoms with E-state index in [9.17, 15) is 0 Å². The highest BCUT2D eigenvalue weighted by molar-refractivity contribution is 6.37. The van der Waals surface area contributed by atoms with Crippen molar-refractivity contribution in [2.45, 2.75) is 25.8 Å². The lowest BCUT2D eigenvalue weighted by molar-refractivity contribution is 0.282. The Hall–Kier alpha value is -0.710. The monoisotopic (exact) mass is 263 g/mol. The molecule has 0 aliphatic heterocycles. The Morgan fingerprint density at radius 2 is 2.19 bits per heavy atom. The molecule has 0 saturated heterocycles. The predicted molar refractivity (Wildman–Crippen MR) is 68.1 cm³/mol. The second-order valence-electron chi connectivity index (χ2n) is 3.60. The fraction of sp³-hybridized carbons (Fsp3) is 0.500. The van der Waals surface area contributed by atoms with Gasteiger partial charge in [0.25, 0.3) is 0 Å². The van der Waals surface area contributed by atoms with E-state index in [1.165, 1.54) is 0 Å². The molecule has 0 fully saturated rings. The maximum atomic E-state index is 8.71. The zero-order valence-electron chi connectivity index (χ0n) is 9.00. The summed E-state index contributed by atoms with van der Waals surface area (Å²) >= 11 is 11.7. The maximum absolute atomic E-state index is 8.71. The normalized spacial score (nSPS) is 12.5. The molecule has 0 aliphatic carbocycles. The van der Waals surface area contributed by atoms with Crippen LogP contribution in [0.2, 0.25) is 10.0 Å². The van der Waals surface area contributed by atoms with Crippen LogP contribution in [-0.4, -0.2) is 22.7 Å². The van der Waals surface area contributed by atoms with Crippen LogP contribution in [0.3, 0.4) is 0 Å². The standard InChI is InChI=1S/C10H15Cl2N3O/c1-6(3-2-4-16)14-10-8(12)5-7(11)9(13)15-10/h5-6,16H,2-4H2,1H3,(H3,13,14,15). The van der Waals surface area contributed by atoms with Crippen molar-refractivity contribution in [2.24, 2.45) is 0 Å². The van der Waals surface area contributed by atoms with Crippen LogP contribution in [0.4, 0.5) is 11.6 Å². The first-order valence-electron chi connectivity index (χ1n) is 5.03. The first kappa shape index (κ1) is 13.4. The second-order valence-corrected chi connectivity index (χ2v) is 4.41. The van der Waals surface area contributed by atoms with E-state index in [1.807, 2.05) is 6.92 Å². The fourth-order valence-corrected chi connectivity index (χ4v) is 1.70. The number of aromatic nitrogens is 1. The highest BCUT2D eigenvalue weighted by Crippen LogP contribution is 2.27. The predicted octanol–water partition coefficient (Wildman–Crippen LogP) is 2.54. The molecule has 1 heterocycles. The molecule has 90 valence electrons. The number of rotatable bonds is 5. The molecule has 16 heavy (non-hydrogen) atoms. The van der Waals surface area contributed by atoms with Gasteiger partial charge >= 0.3 is 0 Å². The number of pyridine rings is 1. The molecular formula is C10H15Cl2N3O. The minimum absolute atomic E-state index is 0.165. The molecule has 6 heteroatoms. The zero-order valence-corrected chi connectivity index (χ0v) is 10.5. The Balaban J connectivity index is 2.69. The number of anilines is 2. The van der Waals surface area contributed by atoms with Crippen LogP contribution < -0.4 is 11.1 Å². The number of nitrogens with zero attached hydrogens (tertiary/aromatic N) is 1. The summed E-state index contributed by atoms with van der Waals surface area (Å²) in [6.07, 6.45) is 1.56. The van der Waals surface area contributed by atoms with E-state index in [-0.39, 0.29) is 18.5 Å². The third-order valence-electron chi connectivity index (χ3n) is 2.13. The minimum atomic E-state index is 0.165. The molecule has 1 aromatic rings. The highest BCUT2D eigenvalue weighted by Gasteiger charge is 2.09.